The SMILES string of the molecule is COc1ccc(N)c(NC(=O)Oc2ccccc2)c1. The summed E-state index contributed by atoms with van der Waals surface area (Å²) in [7, 11) is 1.54. The van der Waals surface area contributed by atoms with Crippen LogP contribution in [0.2, 0.25) is 0 Å². The predicted octanol–water partition coefficient (Wildman–Crippen LogP) is 2.89. The van der Waals surface area contributed by atoms with Crippen LogP contribution in [0.25, 0.3) is 0 Å². The van der Waals surface area contributed by atoms with E-state index >= 15 is 0 Å². The Kier molecular flexibility index (Phi) is 3.87. The third-order valence-corrected chi connectivity index (χ3v) is 2.45. The average molecular weight is 258 g/mol. The summed E-state index contributed by atoms with van der Waals surface area (Å²) in [6, 6.07) is 13.8. The van der Waals surface area contributed by atoms with Gasteiger partial charge in [0.2, 0.25) is 0 Å². The van der Waals surface area contributed by atoms with E-state index in [1.807, 2.05) is 6.07 Å². The van der Waals surface area contributed by atoms with Crippen molar-refractivity contribution >= 4 is 17.5 Å². The fourth-order valence-corrected chi connectivity index (χ4v) is 1.50. The zero-order chi connectivity index (χ0) is 13.7. The van der Waals surface area contributed by atoms with Crippen molar-refractivity contribution in [2.75, 3.05) is 18.2 Å². The molecule has 0 saturated carbocycles. The van der Waals surface area contributed by atoms with Gasteiger partial charge in [-0.05, 0) is 24.3 Å². The Labute approximate surface area is 110 Å². The van der Waals surface area contributed by atoms with Crippen LogP contribution in [0.3, 0.4) is 0 Å². The molecule has 0 heterocycles. The lowest BCUT2D eigenvalue weighted by molar-refractivity contribution is 0.215. The molecule has 1 amide bonds. The van der Waals surface area contributed by atoms with Crippen molar-refractivity contribution in [3.63, 3.8) is 0 Å². The third-order valence-electron chi connectivity index (χ3n) is 2.45. The molecule has 0 aromatic heterocycles. The first kappa shape index (κ1) is 12.8. The van der Waals surface area contributed by atoms with Gasteiger partial charge < -0.3 is 15.2 Å². The Morgan fingerprint density at radius 2 is 1.84 bits per heavy atom. The second-order valence-electron chi connectivity index (χ2n) is 3.78. The minimum absolute atomic E-state index is 0.436. The average Bonchev–Trinajstić information content (AvgIpc) is 2.42. The number of anilines is 2. The number of amides is 1. The number of ether oxygens (including phenoxy) is 2. The lowest BCUT2D eigenvalue weighted by Gasteiger charge is -2.10. The van der Waals surface area contributed by atoms with Gasteiger partial charge in [-0.1, -0.05) is 18.2 Å². The van der Waals surface area contributed by atoms with E-state index in [0.29, 0.717) is 22.9 Å². The molecule has 0 aliphatic carbocycles. The number of methoxy groups -OCH3 is 1. The number of hydrogen-bond acceptors (Lipinski definition) is 4. The van der Waals surface area contributed by atoms with Gasteiger partial charge in [0, 0.05) is 6.07 Å². The van der Waals surface area contributed by atoms with Gasteiger partial charge in [-0.3, -0.25) is 5.32 Å². The molecule has 0 fully saturated rings. The van der Waals surface area contributed by atoms with Crippen LogP contribution < -0.4 is 20.5 Å². The Bertz CT molecular complexity index is 570. The van der Waals surface area contributed by atoms with Crippen molar-refractivity contribution in [3.8, 4) is 11.5 Å². The van der Waals surface area contributed by atoms with Crippen LogP contribution in [0, 0.1) is 0 Å². The summed E-state index contributed by atoms with van der Waals surface area (Å²) >= 11 is 0. The van der Waals surface area contributed by atoms with Crippen LogP contribution in [0.5, 0.6) is 11.5 Å². The molecule has 0 saturated heterocycles. The van der Waals surface area contributed by atoms with Crippen LogP contribution in [0.4, 0.5) is 16.2 Å². The molecule has 0 spiro atoms. The lowest BCUT2D eigenvalue weighted by atomic mass is 10.2. The molecule has 2 aromatic rings. The molecule has 5 heteroatoms. The molecule has 0 bridgehead atoms. The Hall–Kier alpha value is -2.69. The number of nitrogens with two attached hydrogens (primary N) is 1. The summed E-state index contributed by atoms with van der Waals surface area (Å²) in [5.74, 6) is 1.06. The van der Waals surface area contributed by atoms with E-state index in [0.717, 1.165) is 0 Å². The van der Waals surface area contributed by atoms with Crippen LogP contribution in [0.15, 0.2) is 48.5 Å². The minimum Gasteiger partial charge on any atom is -0.497 e. The molecule has 0 aliphatic heterocycles. The molecule has 0 unspecified atom stereocenters. The van der Waals surface area contributed by atoms with Crippen molar-refractivity contribution in [1.29, 1.82) is 0 Å². The Balaban J connectivity index is 2.06. The summed E-state index contributed by atoms with van der Waals surface area (Å²) in [4.78, 5) is 11.7. The Morgan fingerprint density at radius 3 is 2.53 bits per heavy atom. The number of carbonyl (C=O) groups is 1. The van der Waals surface area contributed by atoms with E-state index in [4.69, 9.17) is 15.2 Å². The zero-order valence-electron chi connectivity index (χ0n) is 10.4. The van der Waals surface area contributed by atoms with Crippen molar-refractivity contribution in [2.45, 2.75) is 0 Å². The fourth-order valence-electron chi connectivity index (χ4n) is 1.50. The first-order chi connectivity index (χ1) is 9.19. The number of para-hydroxylation sites is 1. The highest BCUT2D eigenvalue weighted by Crippen LogP contribution is 2.24. The van der Waals surface area contributed by atoms with Crippen LogP contribution in [-0.4, -0.2) is 13.2 Å². The zero-order valence-corrected chi connectivity index (χ0v) is 10.4. The molecule has 19 heavy (non-hydrogen) atoms. The normalized spacial score (nSPS) is 9.74. The van der Waals surface area contributed by atoms with E-state index in [9.17, 15) is 4.79 Å². The van der Waals surface area contributed by atoms with E-state index in [1.54, 1.807) is 42.5 Å². The summed E-state index contributed by atoms with van der Waals surface area (Å²) in [6.45, 7) is 0. The van der Waals surface area contributed by atoms with Crippen molar-refractivity contribution in [1.82, 2.24) is 0 Å². The van der Waals surface area contributed by atoms with E-state index < -0.39 is 6.09 Å². The molecule has 0 radical (unpaired) electrons. The van der Waals surface area contributed by atoms with Crippen LogP contribution in [0.1, 0.15) is 0 Å². The maximum Gasteiger partial charge on any atom is 0.417 e. The lowest BCUT2D eigenvalue weighted by Crippen LogP contribution is -2.17. The number of carbonyl (C=O) groups excluding carboxylic acids is 1. The molecule has 98 valence electrons. The number of hydrogen-bond donors (Lipinski definition) is 2. The molecular formula is C14H14N2O3. The molecule has 2 rings (SSSR count). The van der Waals surface area contributed by atoms with Crippen molar-refractivity contribution < 1.29 is 14.3 Å². The minimum atomic E-state index is -0.605. The standard InChI is InChI=1S/C14H14N2O3/c1-18-11-7-8-12(15)13(9-11)16-14(17)19-10-5-3-2-4-6-10/h2-9H,15H2,1H3,(H,16,17). The molecule has 0 atom stereocenters. The maximum atomic E-state index is 11.7. The molecular weight excluding hydrogens is 244 g/mol. The highest BCUT2D eigenvalue weighted by molar-refractivity contribution is 5.90. The summed E-state index contributed by atoms with van der Waals surface area (Å²) in [5, 5.41) is 2.57. The van der Waals surface area contributed by atoms with E-state index in [2.05, 4.69) is 5.32 Å². The van der Waals surface area contributed by atoms with Gasteiger partial charge in [0.1, 0.15) is 11.5 Å². The molecule has 3 N–H and O–H groups in total. The topological polar surface area (TPSA) is 73.6 Å². The molecule has 0 aliphatic rings. The smallest absolute Gasteiger partial charge is 0.417 e. The third kappa shape index (κ3) is 3.38. The van der Waals surface area contributed by atoms with E-state index in [-0.39, 0.29) is 0 Å². The first-order valence-electron chi connectivity index (χ1n) is 5.66. The largest absolute Gasteiger partial charge is 0.497 e. The van der Waals surface area contributed by atoms with Gasteiger partial charge in [0.25, 0.3) is 0 Å². The summed E-state index contributed by atoms with van der Waals surface area (Å²) in [6.07, 6.45) is -0.605. The number of benzene rings is 2. The van der Waals surface area contributed by atoms with Gasteiger partial charge >= 0.3 is 6.09 Å². The van der Waals surface area contributed by atoms with Gasteiger partial charge in [-0.25, -0.2) is 4.79 Å². The van der Waals surface area contributed by atoms with Gasteiger partial charge in [-0.15, -0.1) is 0 Å². The predicted molar refractivity (Wildman–Crippen MR) is 73.5 cm³/mol. The number of rotatable bonds is 3. The monoisotopic (exact) mass is 258 g/mol. The summed E-state index contributed by atoms with van der Waals surface area (Å²) in [5.41, 5.74) is 6.64. The molecule has 2 aromatic carbocycles. The second kappa shape index (κ2) is 5.77. The van der Waals surface area contributed by atoms with Crippen LogP contribution in [-0.2, 0) is 0 Å². The Morgan fingerprint density at radius 1 is 1.11 bits per heavy atom. The maximum absolute atomic E-state index is 11.7. The summed E-state index contributed by atoms with van der Waals surface area (Å²) < 4.78 is 10.2. The van der Waals surface area contributed by atoms with Crippen molar-refractivity contribution in [2.24, 2.45) is 0 Å². The highest BCUT2D eigenvalue weighted by Gasteiger charge is 2.08. The highest BCUT2D eigenvalue weighted by atomic mass is 16.6. The van der Waals surface area contributed by atoms with E-state index in [1.165, 1.54) is 7.11 Å². The molecule has 5 nitrogen and oxygen atoms in total. The fraction of sp³-hybridized carbons (Fsp3) is 0.0714. The number of nitrogens with one attached hydrogen (secondary N) is 1. The van der Waals surface area contributed by atoms with Crippen molar-refractivity contribution in [3.05, 3.63) is 48.5 Å². The quantitative estimate of drug-likeness (QED) is 0.830. The number of nitrogen functional groups attached to an aromatic ring is 1. The van der Waals surface area contributed by atoms with Gasteiger partial charge in [0.05, 0.1) is 18.5 Å². The first-order valence-corrected chi connectivity index (χ1v) is 5.66. The second-order valence-corrected chi connectivity index (χ2v) is 3.78. The van der Waals surface area contributed by atoms with Gasteiger partial charge in [0.15, 0.2) is 0 Å². The van der Waals surface area contributed by atoms with Crippen LogP contribution >= 0.6 is 0 Å². The van der Waals surface area contributed by atoms with Gasteiger partial charge in [-0.2, -0.15) is 0 Å².